The van der Waals surface area contributed by atoms with E-state index in [2.05, 4.69) is 27.6 Å². The Morgan fingerprint density at radius 3 is 2.92 bits per heavy atom. The van der Waals surface area contributed by atoms with E-state index in [-0.39, 0.29) is 5.95 Å². The maximum Gasteiger partial charge on any atom is 0.217 e. The summed E-state index contributed by atoms with van der Waals surface area (Å²) in [6.07, 6.45) is 2.93. The van der Waals surface area contributed by atoms with Crippen LogP contribution >= 0.6 is 34.2 Å². The molecule has 0 unspecified atom stereocenters. The van der Waals surface area contributed by atoms with Crippen molar-refractivity contribution in [3.05, 3.63) is 27.3 Å². The summed E-state index contributed by atoms with van der Waals surface area (Å²) in [6, 6.07) is 1.80. The first-order valence-electron chi connectivity index (χ1n) is 3.60. The lowest BCUT2D eigenvalue weighted by Gasteiger charge is -2.02. The Hall–Kier alpha value is 0.1000. The van der Waals surface area contributed by atoms with Crippen molar-refractivity contribution in [1.82, 2.24) is 4.98 Å². The molecule has 1 aromatic heterocycles. The first-order valence-corrected chi connectivity index (χ1v) is 5.22. The molecule has 0 saturated carbocycles. The van der Waals surface area contributed by atoms with Crippen LogP contribution in [0, 0.1) is 9.52 Å². The Morgan fingerprint density at radius 2 is 2.33 bits per heavy atom. The number of halogens is 3. The summed E-state index contributed by atoms with van der Waals surface area (Å²) in [4.78, 5) is 3.58. The Balaban J connectivity index is 2.81. The Kier molecular flexibility index (Phi) is 4.21. The average molecular weight is 300 g/mol. The lowest BCUT2D eigenvalue weighted by atomic mass is 10.2. The molecule has 0 aliphatic carbocycles. The van der Waals surface area contributed by atoms with Gasteiger partial charge in [0.1, 0.15) is 0 Å². The first-order chi connectivity index (χ1) is 5.75. The molecule has 1 rings (SSSR count). The molecule has 0 radical (unpaired) electrons. The fourth-order valence-electron chi connectivity index (χ4n) is 0.911. The van der Waals surface area contributed by atoms with Crippen LogP contribution in [0.1, 0.15) is 12.0 Å². The third-order valence-electron chi connectivity index (χ3n) is 1.51. The molecule has 0 aromatic carbocycles. The molecular formula is C8H8ClFIN. The predicted octanol–water partition coefficient (Wildman–Crippen LogP) is 3.00. The Morgan fingerprint density at radius 1 is 1.58 bits per heavy atom. The molecule has 0 spiro atoms. The molecule has 0 aliphatic rings. The fourth-order valence-corrected chi connectivity index (χ4v) is 1.70. The summed E-state index contributed by atoms with van der Waals surface area (Å²) in [5, 5.41) is 0. The zero-order valence-corrected chi connectivity index (χ0v) is 9.27. The van der Waals surface area contributed by atoms with Gasteiger partial charge in [0.05, 0.1) is 0 Å². The number of rotatable bonds is 3. The van der Waals surface area contributed by atoms with E-state index in [4.69, 9.17) is 11.6 Å². The summed E-state index contributed by atoms with van der Waals surface area (Å²) in [5.41, 5.74) is 0.679. The van der Waals surface area contributed by atoms with Gasteiger partial charge in [-0.15, -0.1) is 11.6 Å². The average Bonchev–Trinajstić information content (AvgIpc) is 2.04. The van der Waals surface area contributed by atoms with Gasteiger partial charge in [0.25, 0.3) is 0 Å². The van der Waals surface area contributed by atoms with Gasteiger partial charge >= 0.3 is 0 Å². The van der Waals surface area contributed by atoms with Crippen molar-refractivity contribution < 1.29 is 4.39 Å². The molecule has 0 aliphatic heterocycles. The van der Waals surface area contributed by atoms with E-state index < -0.39 is 0 Å². The van der Waals surface area contributed by atoms with Crippen molar-refractivity contribution in [3.8, 4) is 0 Å². The van der Waals surface area contributed by atoms with Crippen molar-refractivity contribution in [2.75, 3.05) is 5.88 Å². The quantitative estimate of drug-likeness (QED) is 0.475. The van der Waals surface area contributed by atoms with Gasteiger partial charge in [0.2, 0.25) is 5.95 Å². The van der Waals surface area contributed by atoms with Crippen molar-refractivity contribution >= 4 is 34.2 Å². The molecule has 0 bridgehead atoms. The molecule has 1 nitrogen and oxygen atoms in total. The number of nitrogens with zero attached hydrogens (tertiary/aromatic N) is 1. The third kappa shape index (κ3) is 2.55. The molecule has 0 saturated heterocycles. The number of hydrogen-bond donors (Lipinski definition) is 0. The van der Waals surface area contributed by atoms with Crippen LogP contribution in [0.5, 0.6) is 0 Å². The number of alkyl halides is 1. The van der Waals surface area contributed by atoms with Crippen LogP contribution in [0.2, 0.25) is 0 Å². The standard InChI is InChI=1S/C8H8ClFIN/c9-4-1-2-6-7(11)3-5-12-8(6)10/h3,5H,1-2,4H2. The highest BCUT2D eigenvalue weighted by atomic mass is 127. The van der Waals surface area contributed by atoms with Gasteiger partial charge < -0.3 is 0 Å². The van der Waals surface area contributed by atoms with Crippen molar-refractivity contribution in [2.24, 2.45) is 0 Å². The summed E-state index contributed by atoms with van der Waals surface area (Å²) in [5.74, 6) is 0.191. The molecule has 0 fully saturated rings. The third-order valence-corrected chi connectivity index (χ3v) is 2.78. The van der Waals surface area contributed by atoms with Crippen molar-refractivity contribution in [2.45, 2.75) is 12.8 Å². The Labute approximate surface area is 89.5 Å². The molecule has 0 atom stereocenters. The maximum absolute atomic E-state index is 13.0. The highest BCUT2D eigenvalue weighted by molar-refractivity contribution is 14.1. The van der Waals surface area contributed by atoms with Gasteiger partial charge in [-0.05, 0) is 41.5 Å². The molecular weight excluding hydrogens is 291 g/mol. The summed E-state index contributed by atoms with van der Waals surface area (Å²) >= 11 is 7.61. The van der Waals surface area contributed by atoms with Crippen LogP contribution in [0.25, 0.3) is 0 Å². The summed E-state index contributed by atoms with van der Waals surface area (Å²) < 4.78 is 13.9. The molecule has 66 valence electrons. The van der Waals surface area contributed by atoms with Crippen LogP contribution < -0.4 is 0 Å². The van der Waals surface area contributed by atoms with Gasteiger partial charge in [-0.2, -0.15) is 4.39 Å². The van der Waals surface area contributed by atoms with Crippen molar-refractivity contribution in [3.63, 3.8) is 0 Å². The fraction of sp³-hybridized carbons (Fsp3) is 0.375. The normalized spacial score (nSPS) is 10.2. The van der Waals surface area contributed by atoms with Crippen LogP contribution in [-0.4, -0.2) is 10.9 Å². The highest BCUT2D eigenvalue weighted by Crippen LogP contribution is 2.15. The second-order valence-corrected chi connectivity index (χ2v) is 3.89. The van der Waals surface area contributed by atoms with Gasteiger partial charge in [0, 0.05) is 21.2 Å². The highest BCUT2D eigenvalue weighted by Gasteiger charge is 2.06. The van der Waals surface area contributed by atoms with Gasteiger partial charge in [-0.1, -0.05) is 0 Å². The van der Waals surface area contributed by atoms with E-state index in [1.54, 1.807) is 6.07 Å². The van der Waals surface area contributed by atoms with Crippen LogP contribution in [0.4, 0.5) is 4.39 Å². The molecule has 12 heavy (non-hydrogen) atoms. The second kappa shape index (κ2) is 4.97. The second-order valence-electron chi connectivity index (χ2n) is 2.35. The smallest absolute Gasteiger partial charge is 0.217 e. The summed E-state index contributed by atoms with van der Waals surface area (Å²) in [6.45, 7) is 0. The van der Waals surface area contributed by atoms with Crippen LogP contribution in [-0.2, 0) is 6.42 Å². The van der Waals surface area contributed by atoms with E-state index in [1.165, 1.54) is 6.20 Å². The lowest BCUT2D eigenvalue weighted by molar-refractivity contribution is 0.563. The van der Waals surface area contributed by atoms with Crippen LogP contribution in [0.3, 0.4) is 0 Å². The van der Waals surface area contributed by atoms with E-state index >= 15 is 0 Å². The maximum atomic E-state index is 13.0. The number of pyridine rings is 1. The molecule has 4 heteroatoms. The summed E-state index contributed by atoms with van der Waals surface area (Å²) in [7, 11) is 0. The topological polar surface area (TPSA) is 12.9 Å². The van der Waals surface area contributed by atoms with Crippen molar-refractivity contribution in [1.29, 1.82) is 0 Å². The van der Waals surface area contributed by atoms with Crippen LogP contribution in [0.15, 0.2) is 12.3 Å². The number of aromatic nitrogens is 1. The van der Waals surface area contributed by atoms with Gasteiger partial charge in [-0.3, -0.25) is 0 Å². The zero-order chi connectivity index (χ0) is 8.97. The van der Waals surface area contributed by atoms with E-state index in [9.17, 15) is 4.39 Å². The molecule has 1 aromatic rings. The first kappa shape index (κ1) is 10.2. The minimum atomic E-state index is -0.369. The SMILES string of the molecule is Fc1nccc(I)c1CCCCl. The van der Waals surface area contributed by atoms with E-state index in [0.29, 0.717) is 17.9 Å². The van der Waals surface area contributed by atoms with Gasteiger partial charge in [0.15, 0.2) is 0 Å². The molecule has 0 N–H and O–H groups in total. The predicted molar refractivity (Wildman–Crippen MR) is 56.0 cm³/mol. The zero-order valence-electron chi connectivity index (χ0n) is 6.36. The molecule has 0 amide bonds. The van der Waals surface area contributed by atoms with E-state index in [1.807, 2.05) is 0 Å². The largest absolute Gasteiger partial charge is 0.228 e. The minimum absolute atomic E-state index is 0.369. The lowest BCUT2D eigenvalue weighted by Crippen LogP contribution is -1.97. The van der Waals surface area contributed by atoms with E-state index in [0.717, 1.165) is 9.99 Å². The number of hydrogen-bond acceptors (Lipinski definition) is 1. The van der Waals surface area contributed by atoms with Gasteiger partial charge in [-0.25, -0.2) is 4.98 Å². The minimum Gasteiger partial charge on any atom is -0.228 e. The monoisotopic (exact) mass is 299 g/mol. The molecule has 1 heterocycles. The Bertz CT molecular complexity index is 247.